The van der Waals surface area contributed by atoms with Crippen molar-refractivity contribution in [3.05, 3.63) is 30.1 Å². The lowest BCUT2D eigenvalue weighted by atomic mass is 10.0. The Morgan fingerprint density at radius 3 is 2.78 bits per heavy atom. The minimum Gasteiger partial charge on any atom is -0.308 e. The number of amides is 1. The number of hydrogen-bond donors (Lipinski definition) is 1. The predicted molar refractivity (Wildman–Crippen MR) is 70.0 cm³/mol. The first-order valence-electron chi connectivity index (χ1n) is 6.41. The van der Waals surface area contributed by atoms with Crippen LogP contribution in [0, 0.1) is 5.82 Å². The molecule has 3 nitrogen and oxygen atoms in total. The summed E-state index contributed by atoms with van der Waals surface area (Å²) in [5.74, 6) is -0.365. The van der Waals surface area contributed by atoms with E-state index in [-0.39, 0.29) is 23.8 Å². The number of nitrogens with one attached hydrogen (secondary N) is 1. The van der Waals surface area contributed by atoms with Gasteiger partial charge >= 0.3 is 0 Å². The van der Waals surface area contributed by atoms with E-state index < -0.39 is 0 Å². The van der Waals surface area contributed by atoms with Gasteiger partial charge < -0.3 is 10.2 Å². The number of piperidine rings is 1. The molecule has 4 heteroatoms. The second kappa shape index (κ2) is 5.48. The van der Waals surface area contributed by atoms with E-state index in [2.05, 4.69) is 5.32 Å². The van der Waals surface area contributed by atoms with Gasteiger partial charge in [-0.1, -0.05) is 26.0 Å². The quantitative estimate of drug-likeness (QED) is 0.893. The Hall–Kier alpha value is -1.42. The van der Waals surface area contributed by atoms with Crippen molar-refractivity contribution in [3.8, 4) is 0 Å². The fourth-order valence-electron chi connectivity index (χ4n) is 2.34. The van der Waals surface area contributed by atoms with Gasteiger partial charge in [-0.2, -0.15) is 0 Å². The van der Waals surface area contributed by atoms with Crippen LogP contribution < -0.4 is 10.2 Å². The molecule has 0 radical (unpaired) electrons. The van der Waals surface area contributed by atoms with E-state index in [1.165, 1.54) is 6.07 Å². The average Bonchev–Trinajstić information content (AvgIpc) is 2.32. The number of para-hydroxylation sites is 1. The summed E-state index contributed by atoms with van der Waals surface area (Å²) in [6, 6.07) is 6.49. The van der Waals surface area contributed by atoms with E-state index in [9.17, 15) is 9.18 Å². The third-order valence-electron chi connectivity index (χ3n) is 3.12. The Labute approximate surface area is 107 Å². The van der Waals surface area contributed by atoms with Crippen molar-refractivity contribution in [2.45, 2.75) is 38.8 Å². The molecule has 2 rings (SSSR count). The molecular formula is C14H19FN2O. The first kappa shape index (κ1) is 13.0. The number of anilines is 1. The van der Waals surface area contributed by atoms with Gasteiger partial charge in [0.05, 0.1) is 11.7 Å². The summed E-state index contributed by atoms with van der Waals surface area (Å²) < 4.78 is 13.7. The topological polar surface area (TPSA) is 32.3 Å². The highest BCUT2D eigenvalue weighted by Gasteiger charge is 2.30. The van der Waals surface area contributed by atoms with Crippen molar-refractivity contribution in [3.63, 3.8) is 0 Å². The molecule has 0 saturated carbocycles. The second-order valence-corrected chi connectivity index (χ2v) is 4.96. The third kappa shape index (κ3) is 2.70. The lowest BCUT2D eigenvalue weighted by Crippen LogP contribution is -2.52. The molecule has 0 spiro atoms. The SMILES string of the molecule is CC(C)NC1CCCN(c2ccccc2F)C1=O. The summed E-state index contributed by atoms with van der Waals surface area (Å²) in [6.07, 6.45) is 1.71. The van der Waals surface area contributed by atoms with Crippen LogP contribution in [0.25, 0.3) is 0 Å². The van der Waals surface area contributed by atoms with Crippen LogP contribution in [0.3, 0.4) is 0 Å². The largest absolute Gasteiger partial charge is 0.308 e. The summed E-state index contributed by atoms with van der Waals surface area (Å²) >= 11 is 0. The van der Waals surface area contributed by atoms with Crippen LogP contribution in [0.15, 0.2) is 24.3 Å². The van der Waals surface area contributed by atoms with Crippen molar-refractivity contribution in [1.29, 1.82) is 0 Å². The Morgan fingerprint density at radius 1 is 1.39 bits per heavy atom. The molecule has 1 unspecified atom stereocenters. The fourth-order valence-corrected chi connectivity index (χ4v) is 2.34. The Kier molecular flexibility index (Phi) is 3.97. The van der Waals surface area contributed by atoms with Crippen molar-refractivity contribution in [2.24, 2.45) is 0 Å². The maximum atomic E-state index is 13.7. The molecule has 18 heavy (non-hydrogen) atoms. The summed E-state index contributed by atoms with van der Waals surface area (Å²) in [7, 11) is 0. The maximum absolute atomic E-state index is 13.7. The molecular weight excluding hydrogens is 231 g/mol. The van der Waals surface area contributed by atoms with E-state index in [1.54, 1.807) is 23.1 Å². The van der Waals surface area contributed by atoms with E-state index in [0.29, 0.717) is 12.2 Å². The molecule has 1 heterocycles. The van der Waals surface area contributed by atoms with Gasteiger partial charge in [0.25, 0.3) is 0 Å². The van der Waals surface area contributed by atoms with Crippen molar-refractivity contribution in [2.75, 3.05) is 11.4 Å². The molecule has 1 fully saturated rings. The van der Waals surface area contributed by atoms with Crippen LogP contribution in [0.5, 0.6) is 0 Å². The Balaban J connectivity index is 2.19. The number of hydrogen-bond acceptors (Lipinski definition) is 2. The number of carbonyl (C=O) groups excluding carboxylic acids is 1. The van der Waals surface area contributed by atoms with E-state index in [4.69, 9.17) is 0 Å². The first-order valence-corrected chi connectivity index (χ1v) is 6.41. The van der Waals surface area contributed by atoms with E-state index in [0.717, 1.165) is 12.8 Å². The fraction of sp³-hybridized carbons (Fsp3) is 0.500. The third-order valence-corrected chi connectivity index (χ3v) is 3.12. The number of carbonyl (C=O) groups is 1. The highest BCUT2D eigenvalue weighted by atomic mass is 19.1. The van der Waals surface area contributed by atoms with Gasteiger partial charge in [0, 0.05) is 12.6 Å². The minimum atomic E-state index is -0.337. The highest BCUT2D eigenvalue weighted by Crippen LogP contribution is 2.23. The zero-order valence-corrected chi connectivity index (χ0v) is 10.8. The molecule has 0 aliphatic carbocycles. The van der Waals surface area contributed by atoms with Crippen molar-refractivity contribution < 1.29 is 9.18 Å². The molecule has 1 aliphatic rings. The van der Waals surface area contributed by atoms with Gasteiger partial charge in [-0.25, -0.2) is 4.39 Å². The molecule has 98 valence electrons. The molecule has 1 aliphatic heterocycles. The number of nitrogens with zero attached hydrogens (tertiary/aromatic N) is 1. The van der Waals surface area contributed by atoms with E-state index >= 15 is 0 Å². The van der Waals surface area contributed by atoms with Crippen LogP contribution in [-0.2, 0) is 4.79 Å². The van der Waals surface area contributed by atoms with Crippen LogP contribution in [0.4, 0.5) is 10.1 Å². The number of halogens is 1. The molecule has 1 amide bonds. The Morgan fingerprint density at radius 2 is 2.11 bits per heavy atom. The molecule has 0 bridgehead atoms. The molecule has 1 aromatic carbocycles. The predicted octanol–water partition coefficient (Wildman–Crippen LogP) is 2.32. The maximum Gasteiger partial charge on any atom is 0.244 e. The summed E-state index contributed by atoms with van der Waals surface area (Å²) in [5, 5.41) is 3.24. The van der Waals surface area contributed by atoms with Crippen LogP contribution in [-0.4, -0.2) is 24.5 Å². The monoisotopic (exact) mass is 250 g/mol. The van der Waals surface area contributed by atoms with Gasteiger partial charge in [-0.15, -0.1) is 0 Å². The van der Waals surface area contributed by atoms with Gasteiger partial charge in [-0.05, 0) is 25.0 Å². The summed E-state index contributed by atoms with van der Waals surface area (Å²) in [6.45, 7) is 4.61. The molecule has 0 aromatic heterocycles. The lowest BCUT2D eigenvalue weighted by Gasteiger charge is -2.33. The van der Waals surface area contributed by atoms with Crippen molar-refractivity contribution in [1.82, 2.24) is 5.32 Å². The van der Waals surface area contributed by atoms with Gasteiger partial charge in [0.1, 0.15) is 5.82 Å². The molecule has 1 N–H and O–H groups in total. The highest BCUT2D eigenvalue weighted by molar-refractivity contribution is 5.98. The zero-order valence-electron chi connectivity index (χ0n) is 10.8. The van der Waals surface area contributed by atoms with Gasteiger partial charge in [-0.3, -0.25) is 4.79 Å². The number of rotatable bonds is 3. The molecule has 1 aromatic rings. The van der Waals surface area contributed by atoms with Gasteiger partial charge in [0.2, 0.25) is 5.91 Å². The van der Waals surface area contributed by atoms with Crippen molar-refractivity contribution >= 4 is 11.6 Å². The van der Waals surface area contributed by atoms with Crippen LogP contribution in [0.1, 0.15) is 26.7 Å². The second-order valence-electron chi connectivity index (χ2n) is 4.96. The van der Waals surface area contributed by atoms with E-state index in [1.807, 2.05) is 13.8 Å². The zero-order chi connectivity index (χ0) is 13.1. The molecule has 1 saturated heterocycles. The lowest BCUT2D eigenvalue weighted by molar-refractivity contribution is -0.122. The molecule has 1 atom stereocenters. The van der Waals surface area contributed by atoms with Crippen LogP contribution >= 0.6 is 0 Å². The normalized spacial score (nSPS) is 20.6. The standard InChI is InChI=1S/C14H19FN2O/c1-10(2)16-12-7-5-9-17(14(12)18)13-8-4-3-6-11(13)15/h3-4,6,8,10,12,16H,5,7,9H2,1-2H3. The average molecular weight is 250 g/mol. The number of benzene rings is 1. The van der Waals surface area contributed by atoms with Gasteiger partial charge in [0.15, 0.2) is 0 Å². The summed E-state index contributed by atoms with van der Waals surface area (Å²) in [4.78, 5) is 13.9. The Bertz CT molecular complexity index is 434. The smallest absolute Gasteiger partial charge is 0.244 e. The summed E-state index contributed by atoms with van der Waals surface area (Å²) in [5.41, 5.74) is 0.387. The minimum absolute atomic E-state index is 0.0277. The first-order chi connectivity index (χ1) is 8.59. The van der Waals surface area contributed by atoms with Crippen LogP contribution in [0.2, 0.25) is 0 Å².